The Morgan fingerprint density at radius 2 is 0.833 bits per heavy atom. The summed E-state index contributed by atoms with van der Waals surface area (Å²) in [7, 11) is 0. The Labute approximate surface area is 241 Å². The van der Waals surface area contributed by atoms with E-state index in [2.05, 4.69) is 13.2 Å². The van der Waals surface area contributed by atoms with Crippen LogP contribution in [0.3, 0.4) is 0 Å². The molecule has 0 aromatic heterocycles. The SMILES string of the molecule is C=c1c(-c2c(O)c3cc(O)c(O)/c(=C\C4CCCC4)c3c(O)c2=C)c(O)c2cc(O)c(O)/c(=C\C3CCCC3)c2c1O. The van der Waals surface area contributed by atoms with Gasteiger partial charge in [-0.15, -0.1) is 0 Å². The van der Waals surface area contributed by atoms with Crippen LogP contribution < -0.4 is 20.9 Å². The first-order valence-corrected chi connectivity index (χ1v) is 14.3. The van der Waals surface area contributed by atoms with Gasteiger partial charge in [0, 0.05) is 53.5 Å². The standard InChI is InChI=1S/C34H34O8/c1-15-25(33(41)21-13-23(35)31(39)19(27(21)29(15)37)11-17-7-3-4-8-17)26-16(2)30(38)28-20(12-18-9-5-6-10-18)32(40)24(36)14-22(28)34(26)42/h11-14,17-18,35-42H,1-10H2/b19-11-,20-12-. The number of benzene rings is 4. The third-order valence-electron chi connectivity index (χ3n) is 9.12. The number of hydrogen-bond acceptors (Lipinski definition) is 8. The molecular weight excluding hydrogens is 536 g/mol. The molecule has 2 aliphatic rings. The van der Waals surface area contributed by atoms with Crippen molar-refractivity contribution in [3.05, 3.63) is 33.0 Å². The normalized spacial score (nSPS) is 17.3. The minimum atomic E-state index is -0.503. The predicted octanol–water partition coefficient (Wildman–Crippen LogP) is 4.07. The zero-order valence-corrected chi connectivity index (χ0v) is 23.1. The summed E-state index contributed by atoms with van der Waals surface area (Å²) < 4.78 is 0. The molecule has 0 amide bonds. The summed E-state index contributed by atoms with van der Waals surface area (Å²) in [5, 5.41) is 89.0. The molecule has 8 N–H and O–H groups in total. The quantitative estimate of drug-likeness (QED) is 0.135. The van der Waals surface area contributed by atoms with E-state index in [0.717, 1.165) is 63.5 Å². The molecule has 0 radical (unpaired) electrons. The first kappa shape index (κ1) is 27.4. The number of rotatable bonds is 3. The molecular formula is C34H34O8. The van der Waals surface area contributed by atoms with Gasteiger partial charge >= 0.3 is 0 Å². The molecule has 0 saturated heterocycles. The van der Waals surface area contributed by atoms with Crippen LogP contribution in [0.25, 0.3) is 58.0 Å². The second kappa shape index (κ2) is 9.98. The summed E-state index contributed by atoms with van der Waals surface area (Å²) in [4.78, 5) is 0. The third-order valence-corrected chi connectivity index (χ3v) is 9.12. The fourth-order valence-electron chi connectivity index (χ4n) is 6.92. The first-order valence-electron chi connectivity index (χ1n) is 14.3. The fraction of sp³-hybridized carbons (Fsp3) is 0.294. The van der Waals surface area contributed by atoms with E-state index >= 15 is 0 Å². The summed E-state index contributed by atoms with van der Waals surface area (Å²) in [6.45, 7) is 7.92. The van der Waals surface area contributed by atoms with Crippen LogP contribution in [-0.2, 0) is 0 Å². The maximum Gasteiger partial charge on any atom is 0.165 e. The Morgan fingerprint density at radius 1 is 0.500 bits per heavy atom. The first-order chi connectivity index (χ1) is 20.0. The van der Waals surface area contributed by atoms with Crippen LogP contribution in [0.5, 0.6) is 46.0 Å². The van der Waals surface area contributed by atoms with Gasteiger partial charge in [0.25, 0.3) is 0 Å². The van der Waals surface area contributed by atoms with Crippen molar-refractivity contribution in [2.45, 2.75) is 51.4 Å². The van der Waals surface area contributed by atoms with Crippen molar-refractivity contribution in [1.82, 2.24) is 0 Å². The Morgan fingerprint density at radius 3 is 1.17 bits per heavy atom. The van der Waals surface area contributed by atoms with Gasteiger partial charge in [0.2, 0.25) is 0 Å². The van der Waals surface area contributed by atoms with Gasteiger partial charge in [-0.25, -0.2) is 0 Å². The molecule has 0 aliphatic heterocycles. The van der Waals surface area contributed by atoms with Gasteiger partial charge in [0.05, 0.1) is 0 Å². The Balaban J connectivity index is 1.71. The van der Waals surface area contributed by atoms with Gasteiger partial charge < -0.3 is 40.9 Å². The zero-order valence-electron chi connectivity index (χ0n) is 23.1. The number of aromatic hydroxyl groups is 8. The molecule has 2 aliphatic carbocycles. The molecule has 0 unspecified atom stereocenters. The van der Waals surface area contributed by atoms with Gasteiger partial charge in [0.1, 0.15) is 23.0 Å². The highest BCUT2D eigenvalue weighted by Gasteiger charge is 2.26. The van der Waals surface area contributed by atoms with Gasteiger partial charge in [-0.05, 0) is 49.7 Å². The zero-order chi connectivity index (χ0) is 30.0. The monoisotopic (exact) mass is 570 g/mol. The minimum absolute atomic E-state index is 0.00311. The van der Waals surface area contributed by atoms with Gasteiger partial charge in [-0.1, -0.05) is 51.0 Å². The van der Waals surface area contributed by atoms with Crippen LogP contribution in [0.15, 0.2) is 12.1 Å². The fourth-order valence-corrected chi connectivity index (χ4v) is 6.92. The molecule has 2 fully saturated rings. The summed E-state index contributed by atoms with van der Waals surface area (Å²) in [5.74, 6) is -3.35. The molecule has 0 bridgehead atoms. The van der Waals surface area contributed by atoms with Crippen molar-refractivity contribution in [3.8, 4) is 57.1 Å². The lowest BCUT2D eigenvalue weighted by Gasteiger charge is -2.18. The van der Waals surface area contributed by atoms with Crippen molar-refractivity contribution >= 4 is 46.9 Å². The molecule has 0 spiro atoms. The summed E-state index contributed by atoms with van der Waals surface area (Å²) >= 11 is 0. The molecule has 6 rings (SSSR count). The van der Waals surface area contributed by atoms with Gasteiger partial charge in [-0.3, -0.25) is 0 Å². The van der Waals surface area contributed by atoms with Crippen molar-refractivity contribution in [3.63, 3.8) is 0 Å². The smallest absolute Gasteiger partial charge is 0.165 e. The molecule has 0 heterocycles. The number of phenolic OH excluding ortho intramolecular Hbond substituents is 8. The number of fused-ring (bicyclic) bond motifs is 2. The molecule has 8 heteroatoms. The van der Waals surface area contributed by atoms with Crippen molar-refractivity contribution in [1.29, 1.82) is 0 Å². The average molecular weight is 571 g/mol. The lowest BCUT2D eigenvalue weighted by Crippen LogP contribution is -2.17. The van der Waals surface area contributed by atoms with E-state index in [9.17, 15) is 40.9 Å². The van der Waals surface area contributed by atoms with Crippen molar-refractivity contribution in [2.75, 3.05) is 0 Å². The molecule has 218 valence electrons. The summed E-state index contributed by atoms with van der Waals surface area (Å²) in [6.07, 6.45) is 11.2. The minimum Gasteiger partial charge on any atom is -0.507 e. The van der Waals surface area contributed by atoms with Crippen molar-refractivity contribution in [2.24, 2.45) is 11.8 Å². The predicted molar refractivity (Wildman–Crippen MR) is 163 cm³/mol. The van der Waals surface area contributed by atoms with Gasteiger partial charge in [0.15, 0.2) is 23.0 Å². The highest BCUT2D eigenvalue weighted by atomic mass is 16.3. The van der Waals surface area contributed by atoms with Crippen molar-refractivity contribution < 1.29 is 40.9 Å². The lowest BCUT2D eigenvalue weighted by atomic mass is 9.90. The molecule has 4 aromatic carbocycles. The van der Waals surface area contributed by atoms with Crippen LogP contribution in [0.1, 0.15) is 51.4 Å². The Hall–Kier alpha value is -4.72. The Bertz CT molecular complexity index is 1870. The van der Waals surface area contributed by atoms with E-state index in [1.807, 2.05) is 0 Å². The Kier molecular flexibility index (Phi) is 6.52. The second-order valence-electron chi connectivity index (χ2n) is 11.7. The lowest BCUT2D eigenvalue weighted by molar-refractivity contribution is 0.400. The van der Waals surface area contributed by atoms with E-state index in [1.165, 1.54) is 0 Å². The van der Waals surface area contributed by atoms with Crippen LogP contribution in [0.2, 0.25) is 0 Å². The van der Waals surface area contributed by atoms with E-state index in [1.54, 1.807) is 12.2 Å². The van der Waals surface area contributed by atoms with Crippen LogP contribution in [0, 0.1) is 11.8 Å². The van der Waals surface area contributed by atoms with E-state index in [-0.39, 0.29) is 76.9 Å². The molecule has 8 nitrogen and oxygen atoms in total. The highest BCUT2D eigenvalue weighted by molar-refractivity contribution is 6.06. The maximum absolute atomic E-state index is 11.6. The average Bonchev–Trinajstić information content (AvgIpc) is 3.67. The van der Waals surface area contributed by atoms with E-state index < -0.39 is 34.5 Å². The van der Waals surface area contributed by atoms with E-state index in [0.29, 0.717) is 0 Å². The second-order valence-corrected chi connectivity index (χ2v) is 11.7. The number of phenols is 8. The van der Waals surface area contributed by atoms with Crippen LogP contribution in [-0.4, -0.2) is 40.9 Å². The maximum atomic E-state index is 11.6. The third kappa shape index (κ3) is 4.04. The summed E-state index contributed by atoms with van der Waals surface area (Å²) in [6, 6.07) is 2.24. The van der Waals surface area contributed by atoms with E-state index in [4.69, 9.17) is 0 Å². The molecule has 2 saturated carbocycles. The number of hydrogen-bond donors (Lipinski definition) is 8. The molecule has 4 aromatic rings. The molecule has 0 atom stereocenters. The van der Waals surface area contributed by atoms with Crippen LogP contribution >= 0.6 is 0 Å². The largest absolute Gasteiger partial charge is 0.507 e. The van der Waals surface area contributed by atoms with Gasteiger partial charge in [-0.2, -0.15) is 0 Å². The summed E-state index contributed by atoms with van der Waals surface area (Å²) in [5.41, 5.74) is -0.295. The molecule has 42 heavy (non-hydrogen) atoms. The highest BCUT2D eigenvalue weighted by Crippen LogP contribution is 2.45. The topological polar surface area (TPSA) is 162 Å². The van der Waals surface area contributed by atoms with Crippen LogP contribution in [0.4, 0.5) is 0 Å².